The standard InChI is InChI=1S/C31H30F5N7O2/c1-4-8-27(37-5-2)39-29-22-15-42(18-31(34,35)36)17-25(22)38-30(40-29)28-20-9-6-7-10-26(20)43(41-28)16-21-23(32)13-19(14-24(21)33)45-12-11-44-3/h4-10,13-14H,1,11-12,15-18H2,2-3H3,(H,38,39,40)/b27-8+,37-5-. The molecule has 0 amide bonds. The van der Waals surface area contributed by atoms with Gasteiger partial charge in [-0.25, -0.2) is 23.7 Å². The topological polar surface area (TPSA) is 89.7 Å². The summed E-state index contributed by atoms with van der Waals surface area (Å²) in [5.41, 5.74) is 1.49. The van der Waals surface area contributed by atoms with Crippen LogP contribution in [0.4, 0.5) is 27.8 Å². The molecule has 0 saturated carbocycles. The molecule has 3 heterocycles. The fourth-order valence-electron chi connectivity index (χ4n) is 5.00. The van der Waals surface area contributed by atoms with Gasteiger partial charge in [-0.1, -0.05) is 30.9 Å². The minimum absolute atomic E-state index is 0.0280. The van der Waals surface area contributed by atoms with Crippen molar-refractivity contribution in [3.05, 3.63) is 89.4 Å². The Morgan fingerprint density at radius 1 is 1.11 bits per heavy atom. The van der Waals surface area contributed by atoms with Gasteiger partial charge < -0.3 is 14.8 Å². The number of aromatic nitrogens is 4. The maximum Gasteiger partial charge on any atom is 0.401 e. The van der Waals surface area contributed by atoms with E-state index in [9.17, 15) is 13.2 Å². The van der Waals surface area contributed by atoms with Crippen LogP contribution in [0.5, 0.6) is 5.75 Å². The summed E-state index contributed by atoms with van der Waals surface area (Å²) in [6.07, 6.45) is 0.253. The van der Waals surface area contributed by atoms with Crippen LogP contribution in [0.1, 0.15) is 23.7 Å². The molecule has 1 aliphatic heterocycles. The molecule has 9 nitrogen and oxygen atoms in total. The van der Waals surface area contributed by atoms with Crippen LogP contribution in [0.2, 0.25) is 0 Å². The number of halogens is 5. The Balaban J connectivity index is 1.56. The number of nitrogens with zero attached hydrogens (tertiary/aromatic N) is 6. The van der Waals surface area contributed by atoms with Crippen molar-refractivity contribution in [3.63, 3.8) is 0 Å². The number of benzene rings is 2. The molecular formula is C31H30F5N7O2. The number of hydrogen-bond donors (Lipinski definition) is 1. The largest absolute Gasteiger partial charge is 0.491 e. The zero-order valence-corrected chi connectivity index (χ0v) is 24.5. The highest BCUT2D eigenvalue weighted by atomic mass is 19.4. The number of aliphatic imine (C=N–C) groups is 1. The molecule has 4 aromatic rings. The van der Waals surface area contributed by atoms with Gasteiger partial charge in [0.1, 0.15) is 41.3 Å². The lowest BCUT2D eigenvalue weighted by atomic mass is 10.1. The van der Waals surface area contributed by atoms with Crippen LogP contribution in [0, 0.1) is 11.6 Å². The van der Waals surface area contributed by atoms with Crippen LogP contribution < -0.4 is 10.1 Å². The highest BCUT2D eigenvalue weighted by Crippen LogP contribution is 2.34. The van der Waals surface area contributed by atoms with Crippen LogP contribution in [-0.4, -0.2) is 63.9 Å². The summed E-state index contributed by atoms with van der Waals surface area (Å²) in [4.78, 5) is 14.8. The Morgan fingerprint density at radius 3 is 2.56 bits per heavy atom. The molecular weight excluding hydrogens is 597 g/mol. The highest BCUT2D eigenvalue weighted by molar-refractivity contribution is 5.92. The van der Waals surface area contributed by atoms with Gasteiger partial charge in [0.15, 0.2) is 5.82 Å². The minimum Gasteiger partial charge on any atom is -0.491 e. The average Bonchev–Trinajstić information content (AvgIpc) is 3.55. The Hall–Kier alpha value is -4.69. The van der Waals surface area contributed by atoms with E-state index in [-0.39, 0.29) is 55.8 Å². The summed E-state index contributed by atoms with van der Waals surface area (Å²) in [6, 6.07) is 9.22. The maximum atomic E-state index is 15.1. The number of rotatable bonds is 12. The number of methoxy groups -OCH3 is 1. The number of allylic oxidation sites excluding steroid dienone is 2. The quantitative estimate of drug-likeness (QED) is 0.0860. The molecule has 0 saturated heterocycles. The summed E-state index contributed by atoms with van der Waals surface area (Å²) < 4.78 is 81.7. The lowest BCUT2D eigenvalue weighted by Gasteiger charge is -2.16. The Kier molecular flexibility index (Phi) is 9.54. The van der Waals surface area contributed by atoms with Crippen molar-refractivity contribution >= 4 is 22.9 Å². The Labute approximate surface area is 255 Å². The number of ether oxygens (including phenoxy) is 2. The first-order valence-electron chi connectivity index (χ1n) is 13.9. The first kappa shape index (κ1) is 31.7. The monoisotopic (exact) mass is 627 g/mol. The number of alkyl halides is 3. The van der Waals surface area contributed by atoms with Gasteiger partial charge in [0.2, 0.25) is 0 Å². The minimum atomic E-state index is -4.40. The average molecular weight is 628 g/mol. The summed E-state index contributed by atoms with van der Waals surface area (Å²) in [5.74, 6) is -0.845. The summed E-state index contributed by atoms with van der Waals surface area (Å²) in [6.45, 7) is 4.31. The first-order valence-corrected chi connectivity index (χ1v) is 13.9. The maximum absolute atomic E-state index is 15.1. The van der Waals surface area contributed by atoms with Gasteiger partial charge in [0.25, 0.3) is 0 Å². The molecule has 0 atom stereocenters. The zero-order chi connectivity index (χ0) is 32.1. The van der Waals surface area contributed by atoms with Crippen LogP contribution >= 0.6 is 0 Å². The van der Waals surface area contributed by atoms with E-state index in [4.69, 9.17) is 9.47 Å². The predicted octanol–water partition coefficient (Wildman–Crippen LogP) is 6.25. The lowest BCUT2D eigenvalue weighted by molar-refractivity contribution is -0.147. The number of fused-ring (bicyclic) bond motifs is 2. The van der Waals surface area contributed by atoms with E-state index in [1.165, 1.54) is 22.8 Å². The number of para-hydroxylation sites is 1. The second-order valence-corrected chi connectivity index (χ2v) is 10.1. The van der Waals surface area contributed by atoms with Crippen molar-refractivity contribution in [2.24, 2.45) is 4.99 Å². The molecule has 0 bridgehead atoms. The van der Waals surface area contributed by atoms with Gasteiger partial charge in [-0.3, -0.25) is 9.58 Å². The van der Waals surface area contributed by atoms with Gasteiger partial charge in [-0.15, -0.1) is 0 Å². The lowest BCUT2D eigenvalue weighted by Crippen LogP contribution is -2.30. The second-order valence-electron chi connectivity index (χ2n) is 10.1. The van der Waals surface area contributed by atoms with Crippen LogP contribution in [0.3, 0.4) is 0 Å². The van der Waals surface area contributed by atoms with Crippen LogP contribution in [0.25, 0.3) is 22.4 Å². The molecule has 2 aromatic carbocycles. The van der Waals surface area contributed by atoms with E-state index in [1.807, 2.05) is 0 Å². The van der Waals surface area contributed by atoms with Crippen molar-refractivity contribution in [1.82, 2.24) is 24.6 Å². The molecule has 1 N–H and O–H groups in total. The van der Waals surface area contributed by atoms with Crippen molar-refractivity contribution in [1.29, 1.82) is 0 Å². The smallest absolute Gasteiger partial charge is 0.401 e. The van der Waals surface area contributed by atoms with E-state index in [0.717, 1.165) is 12.1 Å². The third-order valence-corrected chi connectivity index (χ3v) is 6.89. The zero-order valence-electron chi connectivity index (χ0n) is 24.5. The third kappa shape index (κ3) is 7.35. The van der Waals surface area contributed by atoms with E-state index >= 15 is 8.78 Å². The van der Waals surface area contributed by atoms with Gasteiger partial charge >= 0.3 is 6.18 Å². The molecule has 14 heteroatoms. The van der Waals surface area contributed by atoms with Gasteiger partial charge in [-0.05, 0) is 19.1 Å². The SMILES string of the molecule is C=C/C=C(\N=C/C)Nc1nc(-c2nn(Cc3c(F)cc(OCCOC)cc3F)c3ccccc23)nc2c1CN(CC(F)(F)F)C2. The predicted molar refractivity (Wildman–Crippen MR) is 160 cm³/mol. The fourth-order valence-corrected chi connectivity index (χ4v) is 5.00. The Bertz CT molecular complexity index is 1740. The molecule has 0 fully saturated rings. The number of hydrogen-bond acceptors (Lipinski definition) is 8. The van der Waals surface area contributed by atoms with Crippen molar-refractivity contribution in [2.45, 2.75) is 32.7 Å². The summed E-state index contributed by atoms with van der Waals surface area (Å²) in [5, 5.41) is 8.32. The fraction of sp³-hybridized carbons (Fsp3) is 0.290. The molecule has 0 radical (unpaired) electrons. The molecule has 1 aliphatic rings. The van der Waals surface area contributed by atoms with Gasteiger partial charge in [-0.2, -0.15) is 18.3 Å². The first-order chi connectivity index (χ1) is 21.6. The molecule has 2 aromatic heterocycles. The second kappa shape index (κ2) is 13.5. The van der Waals surface area contributed by atoms with Gasteiger partial charge in [0, 0.05) is 55.1 Å². The van der Waals surface area contributed by atoms with Crippen molar-refractivity contribution < 1.29 is 31.4 Å². The number of nitrogens with one attached hydrogen (secondary N) is 1. The normalized spacial score (nSPS) is 14.0. The molecule has 5 rings (SSSR count). The molecule has 45 heavy (non-hydrogen) atoms. The molecule has 0 unspecified atom stereocenters. The van der Waals surface area contributed by atoms with E-state index in [2.05, 4.69) is 32.0 Å². The van der Waals surface area contributed by atoms with E-state index < -0.39 is 24.4 Å². The highest BCUT2D eigenvalue weighted by Gasteiger charge is 2.35. The van der Waals surface area contributed by atoms with Crippen LogP contribution in [0.15, 0.2) is 65.9 Å². The Morgan fingerprint density at radius 2 is 1.87 bits per heavy atom. The van der Waals surface area contributed by atoms with Crippen molar-refractivity contribution in [2.75, 3.05) is 32.2 Å². The van der Waals surface area contributed by atoms with E-state index in [1.54, 1.807) is 43.5 Å². The third-order valence-electron chi connectivity index (χ3n) is 6.89. The van der Waals surface area contributed by atoms with Gasteiger partial charge in [0.05, 0.1) is 30.9 Å². The molecule has 0 aliphatic carbocycles. The summed E-state index contributed by atoms with van der Waals surface area (Å²) in [7, 11) is 1.49. The molecule has 0 spiro atoms. The van der Waals surface area contributed by atoms with Crippen molar-refractivity contribution in [3.8, 4) is 17.3 Å². The van der Waals surface area contributed by atoms with Crippen LogP contribution in [-0.2, 0) is 24.4 Å². The number of anilines is 1. The molecule has 236 valence electrons. The van der Waals surface area contributed by atoms with E-state index in [0.29, 0.717) is 33.7 Å². The summed E-state index contributed by atoms with van der Waals surface area (Å²) >= 11 is 0.